The molecular weight excluding hydrogens is 182 g/mol. The van der Waals surface area contributed by atoms with E-state index in [1.54, 1.807) is 13.8 Å². The van der Waals surface area contributed by atoms with Crippen LogP contribution in [-0.4, -0.2) is 34.0 Å². The smallest absolute Gasteiger partial charge is 0.329 e. The van der Waals surface area contributed by atoms with Gasteiger partial charge in [-0.05, 0) is 32.6 Å². The number of rotatable bonds is 1. The molecule has 0 spiro atoms. The summed E-state index contributed by atoms with van der Waals surface area (Å²) in [6.07, 6.45) is 1.22. The van der Waals surface area contributed by atoms with Gasteiger partial charge in [-0.25, -0.2) is 4.79 Å². The van der Waals surface area contributed by atoms with Gasteiger partial charge in [-0.3, -0.25) is 4.79 Å². The SMILES string of the molecule is CC#CC(=O)N1CCCC1(C)C(=O)O. The molecule has 1 atom stereocenters. The first-order valence-electron chi connectivity index (χ1n) is 4.50. The third-order valence-electron chi connectivity index (χ3n) is 2.58. The number of carbonyl (C=O) groups is 2. The minimum atomic E-state index is -1.07. The Hall–Kier alpha value is -1.50. The summed E-state index contributed by atoms with van der Waals surface area (Å²) < 4.78 is 0. The van der Waals surface area contributed by atoms with Gasteiger partial charge in [-0.1, -0.05) is 5.92 Å². The average molecular weight is 195 g/mol. The average Bonchev–Trinajstić information content (AvgIpc) is 2.49. The molecule has 0 aromatic carbocycles. The van der Waals surface area contributed by atoms with Crippen LogP contribution in [-0.2, 0) is 9.59 Å². The molecule has 1 rings (SSSR count). The zero-order valence-electron chi connectivity index (χ0n) is 8.33. The zero-order chi connectivity index (χ0) is 10.8. The topological polar surface area (TPSA) is 57.6 Å². The maximum atomic E-state index is 11.5. The van der Waals surface area contributed by atoms with E-state index in [0.29, 0.717) is 13.0 Å². The lowest BCUT2D eigenvalue weighted by atomic mass is 9.99. The molecule has 1 aliphatic heterocycles. The molecule has 0 bridgehead atoms. The summed E-state index contributed by atoms with van der Waals surface area (Å²) >= 11 is 0. The van der Waals surface area contributed by atoms with E-state index >= 15 is 0 Å². The quantitative estimate of drug-likeness (QED) is 0.619. The molecule has 0 radical (unpaired) electrons. The summed E-state index contributed by atoms with van der Waals surface area (Å²) in [6.45, 7) is 3.61. The van der Waals surface area contributed by atoms with Crippen LogP contribution in [0.5, 0.6) is 0 Å². The van der Waals surface area contributed by atoms with E-state index in [2.05, 4.69) is 11.8 Å². The summed E-state index contributed by atoms with van der Waals surface area (Å²) in [5.41, 5.74) is -1.07. The van der Waals surface area contributed by atoms with Gasteiger partial charge in [0.2, 0.25) is 0 Å². The number of carboxylic acid groups (broad SMARTS) is 1. The Labute approximate surface area is 82.9 Å². The van der Waals surface area contributed by atoms with Gasteiger partial charge in [0.15, 0.2) is 0 Å². The van der Waals surface area contributed by atoms with Crippen LogP contribution in [0.25, 0.3) is 0 Å². The van der Waals surface area contributed by atoms with Gasteiger partial charge in [0.25, 0.3) is 5.91 Å². The van der Waals surface area contributed by atoms with Gasteiger partial charge in [-0.2, -0.15) is 0 Å². The molecule has 1 aliphatic rings. The fraction of sp³-hybridized carbons (Fsp3) is 0.600. The number of aliphatic carboxylic acids is 1. The highest BCUT2D eigenvalue weighted by atomic mass is 16.4. The second-order valence-electron chi connectivity index (χ2n) is 3.51. The number of hydrogen-bond acceptors (Lipinski definition) is 2. The van der Waals surface area contributed by atoms with E-state index < -0.39 is 17.4 Å². The molecule has 1 amide bonds. The first-order chi connectivity index (χ1) is 6.52. The molecule has 76 valence electrons. The maximum absolute atomic E-state index is 11.5. The van der Waals surface area contributed by atoms with Crippen molar-refractivity contribution in [3.8, 4) is 11.8 Å². The van der Waals surface area contributed by atoms with Gasteiger partial charge in [-0.15, -0.1) is 0 Å². The van der Waals surface area contributed by atoms with Crippen LogP contribution in [0.1, 0.15) is 26.7 Å². The second kappa shape index (κ2) is 3.70. The lowest BCUT2D eigenvalue weighted by molar-refractivity contribution is -0.153. The summed E-state index contributed by atoms with van der Waals surface area (Å²) in [7, 11) is 0. The number of hydrogen-bond donors (Lipinski definition) is 1. The van der Waals surface area contributed by atoms with Crippen molar-refractivity contribution in [1.29, 1.82) is 0 Å². The molecule has 1 fully saturated rings. The van der Waals surface area contributed by atoms with Gasteiger partial charge < -0.3 is 10.0 Å². The lowest BCUT2D eigenvalue weighted by Gasteiger charge is -2.29. The van der Waals surface area contributed by atoms with Crippen molar-refractivity contribution in [2.45, 2.75) is 32.2 Å². The van der Waals surface area contributed by atoms with Crippen molar-refractivity contribution in [2.24, 2.45) is 0 Å². The van der Waals surface area contributed by atoms with E-state index in [1.165, 1.54) is 4.90 Å². The summed E-state index contributed by atoms with van der Waals surface area (Å²) in [6, 6.07) is 0. The zero-order valence-corrected chi connectivity index (χ0v) is 8.33. The largest absolute Gasteiger partial charge is 0.480 e. The van der Waals surface area contributed by atoms with Crippen LogP contribution >= 0.6 is 0 Å². The Kier molecular flexibility index (Phi) is 2.80. The molecule has 0 saturated carbocycles. The molecule has 0 aromatic heterocycles. The van der Waals surface area contributed by atoms with Crippen molar-refractivity contribution in [3.05, 3.63) is 0 Å². The highest BCUT2D eigenvalue weighted by molar-refractivity contribution is 5.97. The van der Waals surface area contributed by atoms with Gasteiger partial charge in [0.05, 0.1) is 0 Å². The van der Waals surface area contributed by atoms with Crippen molar-refractivity contribution in [2.75, 3.05) is 6.54 Å². The fourth-order valence-corrected chi connectivity index (χ4v) is 1.69. The van der Waals surface area contributed by atoms with E-state index in [-0.39, 0.29) is 0 Å². The van der Waals surface area contributed by atoms with E-state index in [1.807, 2.05) is 0 Å². The van der Waals surface area contributed by atoms with E-state index in [0.717, 1.165) is 6.42 Å². The predicted molar refractivity (Wildman–Crippen MR) is 50.4 cm³/mol. The third-order valence-corrected chi connectivity index (χ3v) is 2.58. The number of likely N-dealkylation sites (tertiary alicyclic amines) is 1. The normalized spacial score (nSPS) is 25.4. The van der Waals surface area contributed by atoms with Crippen LogP contribution in [0, 0.1) is 11.8 Å². The van der Waals surface area contributed by atoms with Crippen LogP contribution in [0.3, 0.4) is 0 Å². The number of nitrogens with zero attached hydrogens (tertiary/aromatic N) is 1. The van der Waals surface area contributed by atoms with Gasteiger partial charge >= 0.3 is 5.97 Å². The van der Waals surface area contributed by atoms with Crippen LogP contribution < -0.4 is 0 Å². The number of carbonyl (C=O) groups excluding carboxylic acids is 1. The Morgan fingerprint density at radius 2 is 2.14 bits per heavy atom. The molecule has 0 aliphatic carbocycles. The highest BCUT2D eigenvalue weighted by Gasteiger charge is 2.45. The van der Waals surface area contributed by atoms with E-state index in [4.69, 9.17) is 5.11 Å². The summed E-state index contributed by atoms with van der Waals surface area (Å²) in [5, 5.41) is 9.02. The molecule has 1 saturated heterocycles. The number of carboxylic acids is 1. The molecule has 14 heavy (non-hydrogen) atoms. The fourth-order valence-electron chi connectivity index (χ4n) is 1.69. The standard InChI is InChI=1S/C10H13NO3/c1-3-5-8(12)11-7-4-6-10(11,2)9(13)14/h4,6-7H2,1-2H3,(H,13,14). The molecule has 1 unspecified atom stereocenters. The molecule has 1 heterocycles. The summed E-state index contributed by atoms with van der Waals surface area (Å²) in [4.78, 5) is 23.8. The van der Waals surface area contributed by atoms with Crippen molar-refractivity contribution in [1.82, 2.24) is 4.90 Å². The van der Waals surface area contributed by atoms with Crippen molar-refractivity contribution >= 4 is 11.9 Å². The first-order valence-corrected chi connectivity index (χ1v) is 4.50. The third kappa shape index (κ3) is 1.58. The van der Waals surface area contributed by atoms with Crippen LogP contribution in [0.2, 0.25) is 0 Å². The predicted octanol–water partition coefficient (Wildman–Crippen LogP) is 0.475. The van der Waals surface area contributed by atoms with Crippen molar-refractivity contribution < 1.29 is 14.7 Å². The monoisotopic (exact) mass is 195 g/mol. The molecule has 1 N–H and O–H groups in total. The van der Waals surface area contributed by atoms with E-state index in [9.17, 15) is 9.59 Å². The van der Waals surface area contributed by atoms with Crippen molar-refractivity contribution in [3.63, 3.8) is 0 Å². The van der Waals surface area contributed by atoms with Gasteiger partial charge in [0, 0.05) is 6.54 Å². The second-order valence-corrected chi connectivity index (χ2v) is 3.51. The first kappa shape index (κ1) is 10.6. The number of amides is 1. The molecule has 4 nitrogen and oxygen atoms in total. The lowest BCUT2D eigenvalue weighted by Crippen LogP contribution is -2.50. The highest BCUT2D eigenvalue weighted by Crippen LogP contribution is 2.28. The van der Waals surface area contributed by atoms with Gasteiger partial charge in [0.1, 0.15) is 5.54 Å². The maximum Gasteiger partial charge on any atom is 0.329 e. The Morgan fingerprint density at radius 3 is 2.64 bits per heavy atom. The molecular formula is C10H13NO3. The molecule has 0 aromatic rings. The minimum absolute atomic E-state index is 0.394. The Balaban J connectivity index is 2.92. The Morgan fingerprint density at radius 1 is 1.50 bits per heavy atom. The van der Waals surface area contributed by atoms with Crippen LogP contribution in [0.15, 0.2) is 0 Å². The summed E-state index contributed by atoms with van der Waals surface area (Å²) in [5.74, 6) is 3.51. The van der Waals surface area contributed by atoms with Crippen LogP contribution in [0.4, 0.5) is 0 Å². The minimum Gasteiger partial charge on any atom is -0.480 e. The Bertz CT molecular complexity index is 326. The molecule has 4 heteroatoms.